The minimum Gasteiger partial charge on any atom is -0.456 e. The summed E-state index contributed by atoms with van der Waals surface area (Å²) in [6, 6.07) is 5.55. The number of rotatable bonds is 8. The van der Waals surface area contributed by atoms with Crippen LogP contribution in [0.5, 0.6) is 0 Å². The normalized spacial score (nSPS) is 22.0. The second kappa shape index (κ2) is 8.78. The van der Waals surface area contributed by atoms with E-state index in [1.807, 2.05) is 0 Å². The largest absolute Gasteiger partial charge is 0.456 e. The summed E-state index contributed by atoms with van der Waals surface area (Å²) in [5.74, 6) is -0.528. The van der Waals surface area contributed by atoms with Gasteiger partial charge in [0.2, 0.25) is 5.91 Å². The first-order valence-corrected chi connectivity index (χ1v) is 11.2. The van der Waals surface area contributed by atoms with E-state index in [2.05, 4.69) is 22.6 Å². The van der Waals surface area contributed by atoms with Crippen molar-refractivity contribution in [2.45, 2.75) is 32.1 Å². The number of carbonyl (C=O) groups is 2. The quantitative estimate of drug-likeness (QED) is 0.141. The molecule has 0 aliphatic carbocycles. The van der Waals surface area contributed by atoms with Gasteiger partial charge in [-0.15, -0.1) is 11.8 Å². The van der Waals surface area contributed by atoms with Crippen LogP contribution in [0.2, 0.25) is 0 Å². The number of alkyl halides is 1. The number of nitro groups is 1. The highest BCUT2D eigenvalue weighted by Crippen LogP contribution is 2.47. The van der Waals surface area contributed by atoms with E-state index in [1.54, 1.807) is 6.92 Å². The number of hydrogen-bond acceptors (Lipinski definition) is 7. The second-order valence-electron chi connectivity index (χ2n) is 6.56. The molecule has 10 heteroatoms. The highest BCUT2D eigenvalue weighted by Gasteiger charge is 2.56. The van der Waals surface area contributed by atoms with Crippen LogP contribution in [0.3, 0.4) is 0 Å². The standard InChI is InChI=1S/C18H19IN2O6S/c1-10(22)15-13-8-14(28-7-6-19)16(20(13)17(15)23)18(24)27-9-11-2-4-12(5-3-11)21(25)26/h2-5,10,13,15,22H,6-9H2,1H3/t10-,13?,15?/m1/s1. The van der Waals surface area contributed by atoms with Crippen LogP contribution in [0.1, 0.15) is 18.9 Å². The molecule has 1 amide bonds. The van der Waals surface area contributed by atoms with Gasteiger partial charge in [-0.1, -0.05) is 22.6 Å². The van der Waals surface area contributed by atoms with Gasteiger partial charge in [0.25, 0.3) is 5.69 Å². The summed E-state index contributed by atoms with van der Waals surface area (Å²) in [7, 11) is 0. The van der Waals surface area contributed by atoms with E-state index in [-0.39, 0.29) is 29.9 Å². The van der Waals surface area contributed by atoms with Gasteiger partial charge in [0, 0.05) is 33.6 Å². The minimum atomic E-state index is -0.764. The number of carbonyl (C=O) groups excluding carboxylic acids is 2. The smallest absolute Gasteiger partial charge is 0.356 e. The Morgan fingerprint density at radius 1 is 1.46 bits per heavy atom. The zero-order valence-electron chi connectivity index (χ0n) is 15.0. The molecule has 0 saturated carbocycles. The van der Waals surface area contributed by atoms with Gasteiger partial charge in [-0.3, -0.25) is 14.9 Å². The lowest BCUT2D eigenvalue weighted by Gasteiger charge is -2.44. The summed E-state index contributed by atoms with van der Waals surface area (Å²) in [6.07, 6.45) is -0.218. The van der Waals surface area contributed by atoms with Crippen LogP contribution in [0.4, 0.5) is 5.69 Å². The van der Waals surface area contributed by atoms with Crippen molar-refractivity contribution < 1.29 is 24.4 Å². The number of β-lactam (4-membered cyclic amide) rings is 1. The lowest BCUT2D eigenvalue weighted by Crippen LogP contribution is -2.61. The van der Waals surface area contributed by atoms with Crippen LogP contribution < -0.4 is 0 Å². The fourth-order valence-corrected chi connectivity index (χ4v) is 5.03. The average Bonchev–Trinajstić information content (AvgIpc) is 2.98. The van der Waals surface area contributed by atoms with Gasteiger partial charge in [-0.05, 0) is 24.6 Å². The van der Waals surface area contributed by atoms with Gasteiger partial charge in [0.1, 0.15) is 12.3 Å². The number of esters is 1. The number of thioether (sulfide) groups is 1. The summed E-state index contributed by atoms with van der Waals surface area (Å²) in [6.45, 7) is 1.54. The van der Waals surface area contributed by atoms with Crippen molar-refractivity contribution in [1.82, 2.24) is 4.90 Å². The summed E-state index contributed by atoms with van der Waals surface area (Å²) in [5, 5.41) is 20.6. The monoisotopic (exact) mass is 518 g/mol. The number of aliphatic hydroxyl groups is 1. The number of aliphatic hydroxyl groups excluding tert-OH is 1. The maximum absolute atomic E-state index is 12.7. The molecule has 1 aromatic carbocycles. The van der Waals surface area contributed by atoms with Gasteiger partial charge >= 0.3 is 5.97 Å². The van der Waals surface area contributed by atoms with E-state index in [1.165, 1.54) is 40.9 Å². The lowest BCUT2D eigenvalue weighted by atomic mass is 9.83. The average molecular weight is 518 g/mol. The SMILES string of the molecule is C[C@@H](O)C1C(=O)N2C(C(=O)OCc3ccc([N+](=O)[O-])cc3)=C(SCCI)CC12. The predicted molar refractivity (Wildman–Crippen MR) is 112 cm³/mol. The van der Waals surface area contributed by atoms with Crippen LogP contribution in [0.25, 0.3) is 0 Å². The molecule has 0 radical (unpaired) electrons. The third-order valence-corrected chi connectivity index (χ3v) is 7.14. The van der Waals surface area contributed by atoms with Crippen LogP contribution >= 0.6 is 34.4 Å². The number of fused-ring (bicyclic) bond motifs is 1. The topological polar surface area (TPSA) is 110 Å². The molecule has 8 nitrogen and oxygen atoms in total. The molecular weight excluding hydrogens is 499 g/mol. The first-order chi connectivity index (χ1) is 13.3. The van der Waals surface area contributed by atoms with E-state index < -0.39 is 22.9 Å². The molecule has 0 aromatic heterocycles. The number of nitrogens with zero attached hydrogens (tertiary/aromatic N) is 2. The fraction of sp³-hybridized carbons (Fsp3) is 0.444. The van der Waals surface area contributed by atoms with Crippen molar-refractivity contribution in [2.75, 3.05) is 10.2 Å². The third-order valence-electron chi connectivity index (χ3n) is 4.75. The van der Waals surface area contributed by atoms with Crippen LogP contribution in [-0.4, -0.2) is 49.1 Å². The number of ether oxygens (including phenoxy) is 1. The van der Waals surface area contributed by atoms with E-state index in [4.69, 9.17) is 4.74 Å². The van der Waals surface area contributed by atoms with Gasteiger partial charge in [-0.2, -0.15) is 0 Å². The highest BCUT2D eigenvalue weighted by atomic mass is 127. The molecule has 1 saturated heterocycles. The molecule has 0 bridgehead atoms. The number of non-ortho nitro benzene ring substituents is 1. The van der Waals surface area contributed by atoms with Crippen molar-refractivity contribution in [3.05, 3.63) is 50.5 Å². The minimum absolute atomic E-state index is 0.0377. The number of halogens is 1. The molecule has 28 heavy (non-hydrogen) atoms. The Kier molecular flexibility index (Phi) is 6.61. The lowest BCUT2D eigenvalue weighted by molar-refractivity contribution is -0.384. The maximum Gasteiger partial charge on any atom is 0.356 e. The number of benzene rings is 1. The number of hydrogen-bond donors (Lipinski definition) is 1. The Labute approximate surface area is 179 Å². The van der Waals surface area contributed by atoms with Crippen LogP contribution in [0, 0.1) is 16.0 Å². The van der Waals surface area contributed by atoms with Crippen LogP contribution in [-0.2, 0) is 20.9 Å². The van der Waals surface area contributed by atoms with Crippen molar-refractivity contribution in [2.24, 2.45) is 5.92 Å². The Hall–Kier alpha value is -1.66. The highest BCUT2D eigenvalue weighted by molar-refractivity contribution is 14.1. The van der Waals surface area contributed by atoms with E-state index in [9.17, 15) is 24.8 Å². The second-order valence-corrected chi connectivity index (χ2v) is 8.82. The van der Waals surface area contributed by atoms with Crippen LogP contribution in [0.15, 0.2) is 34.9 Å². The molecule has 2 heterocycles. The summed E-state index contributed by atoms with van der Waals surface area (Å²) < 4.78 is 6.28. The first-order valence-electron chi connectivity index (χ1n) is 8.68. The zero-order chi connectivity index (χ0) is 20.4. The third kappa shape index (κ3) is 4.03. The van der Waals surface area contributed by atoms with Gasteiger partial charge in [0.15, 0.2) is 0 Å². The molecule has 2 aliphatic rings. The number of amides is 1. The molecule has 3 rings (SSSR count). The van der Waals surface area contributed by atoms with Crippen molar-refractivity contribution >= 4 is 51.9 Å². The number of nitro benzene ring substituents is 1. The first kappa shape index (κ1) is 21.1. The van der Waals surface area contributed by atoms with Gasteiger partial charge < -0.3 is 14.7 Å². The van der Waals surface area contributed by atoms with Crippen molar-refractivity contribution in [3.63, 3.8) is 0 Å². The fourth-order valence-electron chi connectivity index (χ4n) is 3.44. The zero-order valence-corrected chi connectivity index (χ0v) is 18.0. The molecule has 2 unspecified atom stereocenters. The van der Waals surface area contributed by atoms with Crippen molar-refractivity contribution in [1.29, 1.82) is 0 Å². The Balaban J connectivity index is 1.72. The molecular formula is C18H19IN2O6S. The van der Waals surface area contributed by atoms with Gasteiger partial charge in [0.05, 0.1) is 23.0 Å². The van der Waals surface area contributed by atoms with E-state index in [0.29, 0.717) is 12.0 Å². The molecule has 0 spiro atoms. The summed E-state index contributed by atoms with van der Waals surface area (Å²) in [4.78, 5) is 37.6. The summed E-state index contributed by atoms with van der Waals surface area (Å²) >= 11 is 3.78. The Morgan fingerprint density at radius 3 is 2.71 bits per heavy atom. The molecule has 150 valence electrons. The predicted octanol–water partition coefficient (Wildman–Crippen LogP) is 2.63. The van der Waals surface area contributed by atoms with Gasteiger partial charge in [-0.25, -0.2) is 4.79 Å². The maximum atomic E-state index is 12.7. The summed E-state index contributed by atoms with van der Waals surface area (Å²) in [5.41, 5.74) is 0.847. The molecule has 3 atom stereocenters. The van der Waals surface area contributed by atoms with E-state index >= 15 is 0 Å². The Morgan fingerprint density at radius 2 is 2.14 bits per heavy atom. The molecule has 1 aromatic rings. The molecule has 1 N–H and O–H groups in total. The van der Waals surface area contributed by atoms with E-state index in [0.717, 1.165) is 15.1 Å². The van der Waals surface area contributed by atoms with Crippen molar-refractivity contribution in [3.8, 4) is 0 Å². The molecule has 2 aliphatic heterocycles. The Bertz CT molecular complexity index is 826. The molecule has 1 fully saturated rings.